The van der Waals surface area contributed by atoms with Gasteiger partial charge in [-0.05, 0) is 37.3 Å². The first kappa shape index (κ1) is 19.7. The molecule has 3 aromatic rings. The zero-order valence-corrected chi connectivity index (χ0v) is 17.5. The Hall–Kier alpha value is -3.29. The molecule has 2 heterocycles. The largest absolute Gasteiger partial charge is 0.307 e. The van der Waals surface area contributed by atoms with Crippen molar-refractivity contribution in [1.82, 2.24) is 25.2 Å². The summed E-state index contributed by atoms with van der Waals surface area (Å²) >= 11 is 0. The number of rotatable bonds is 6. The number of carbonyl (C=O) groups is 2. The monoisotopic (exact) mass is 418 g/mol. The zero-order valence-electron chi connectivity index (χ0n) is 17.5. The maximum atomic E-state index is 13.3. The predicted octanol–water partition coefficient (Wildman–Crippen LogP) is 3.71. The van der Waals surface area contributed by atoms with Crippen molar-refractivity contribution in [1.29, 1.82) is 0 Å². The summed E-state index contributed by atoms with van der Waals surface area (Å²) in [6.45, 7) is 0. The van der Waals surface area contributed by atoms with Crippen LogP contribution in [0.4, 0.5) is 5.82 Å². The molecule has 2 aliphatic rings. The molecule has 8 heteroatoms. The Morgan fingerprint density at radius 2 is 1.77 bits per heavy atom. The lowest BCUT2D eigenvalue weighted by Gasteiger charge is -2.29. The Morgan fingerprint density at radius 3 is 2.45 bits per heavy atom. The predicted molar refractivity (Wildman–Crippen MR) is 115 cm³/mol. The molecule has 160 valence electrons. The van der Waals surface area contributed by atoms with Gasteiger partial charge in [0.25, 0.3) is 0 Å². The van der Waals surface area contributed by atoms with E-state index in [0.717, 1.165) is 49.1 Å². The molecule has 8 nitrogen and oxygen atoms in total. The summed E-state index contributed by atoms with van der Waals surface area (Å²) in [5.74, 6) is 0.241. The summed E-state index contributed by atoms with van der Waals surface area (Å²) in [7, 11) is 1.86. The molecule has 0 bridgehead atoms. The summed E-state index contributed by atoms with van der Waals surface area (Å²) in [4.78, 5) is 26.5. The van der Waals surface area contributed by atoms with Gasteiger partial charge in [0, 0.05) is 36.6 Å². The molecule has 0 spiro atoms. The van der Waals surface area contributed by atoms with Gasteiger partial charge in [-0.25, -0.2) is 4.68 Å². The van der Waals surface area contributed by atoms with Crippen molar-refractivity contribution in [3.05, 3.63) is 47.8 Å². The van der Waals surface area contributed by atoms with Crippen LogP contribution >= 0.6 is 0 Å². The molecule has 2 fully saturated rings. The minimum atomic E-state index is -0.345. The van der Waals surface area contributed by atoms with Gasteiger partial charge in [0.15, 0.2) is 11.6 Å². The topological polar surface area (TPSA) is 106 Å². The highest BCUT2D eigenvalue weighted by Crippen LogP contribution is 2.43. The third-order valence-electron chi connectivity index (χ3n) is 6.50. The van der Waals surface area contributed by atoms with E-state index in [2.05, 4.69) is 25.8 Å². The second-order valence-corrected chi connectivity index (χ2v) is 8.62. The van der Waals surface area contributed by atoms with Crippen LogP contribution in [-0.2, 0) is 11.8 Å². The molecule has 2 saturated carbocycles. The molecule has 2 aliphatic carbocycles. The van der Waals surface area contributed by atoms with Crippen LogP contribution in [0.15, 0.2) is 36.5 Å². The highest BCUT2D eigenvalue weighted by Gasteiger charge is 2.38. The first-order valence-electron chi connectivity index (χ1n) is 11.0. The van der Waals surface area contributed by atoms with Crippen molar-refractivity contribution in [3.8, 4) is 11.3 Å². The summed E-state index contributed by atoms with van der Waals surface area (Å²) in [6.07, 6.45) is 7.27. The Morgan fingerprint density at radius 1 is 1.03 bits per heavy atom. The van der Waals surface area contributed by atoms with Crippen molar-refractivity contribution in [2.45, 2.75) is 44.4 Å². The van der Waals surface area contributed by atoms with Crippen molar-refractivity contribution in [3.63, 3.8) is 0 Å². The van der Waals surface area contributed by atoms with Gasteiger partial charge in [0.05, 0.1) is 11.4 Å². The molecular formula is C23H26N6O2. The van der Waals surface area contributed by atoms with E-state index in [0.29, 0.717) is 23.7 Å². The number of nitrogens with one attached hydrogen (secondary N) is 2. The average molecular weight is 419 g/mol. The third-order valence-corrected chi connectivity index (χ3v) is 6.50. The molecule has 1 amide bonds. The molecular weight excluding hydrogens is 392 g/mol. The number of anilines is 1. The van der Waals surface area contributed by atoms with E-state index in [1.54, 1.807) is 10.9 Å². The number of aromatic nitrogens is 5. The molecule has 1 aromatic carbocycles. The Balaban J connectivity index is 1.33. The van der Waals surface area contributed by atoms with Crippen LogP contribution in [0.1, 0.15) is 60.5 Å². The van der Waals surface area contributed by atoms with Gasteiger partial charge < -0.3 is 5.32 Å². The molecule has 2 aromatic heterocycles. The summed E-state index contributed by atoms with van der Waals surface area (Å²) in [5, 5.41) is 18.1. The Labute approximate surface area is 180 Å². The van der Waals surface area contributed by atoms with E-state index in [9.17, 15) is 9.59 Å². The fourth-order valence-corrected chi connectivity index (χ4v) is 4.68. The number of Topliss-reactive ketones (excluding diaryl/α,β-unsaturated/α-hetero) is 1. The van der Waals surface area contributed by atoms with Crippen LogP contribution in [0.3, 0.4) is 0 Å². The van der Waals surface area contributed by atoms with Crippen LogP contribution in [-0.4, -0.2) is 36.9 Å². The zero-order chi connectivity index (χ0) is 21.4. The number of aromatic amines is 1. The third kappa shape index (κ3) is 3.89. The first-order valence-corrected chi connectivity index (χ1v) is 11.0. The molecule has 2 N–H and O–H groups in total. The second-order valence-electron chi connectivity index (χ2n) is 8.62. The van der Waals surface area contributed by atoms with Crippen molar-refractivity contribution in [2.24, 2.45) is 18.9 Å². The van der Waals surface area contributed by atoms with Gasteiger partial charge in [0.1, 0.15) is 0 Å². The lowest BCUT2D eigenvalue weighted by molar-refractivity contribution is -0.122. The summed E-state index contributed by atoms with van der Waals surface area (Å²) in [6, 6.07) is 9.41. The number of nitrogens with zero attached hydrogens (tertiary/aromatic N) is 4. The van der Waals surface area contributed by atoms with Crippen LogP contribution in [0.2, 0.25) is 0 Å². The molecule has 0 aliphatic heterocycles. The fourth-order valence-electron chi connectivity index (χ4n) is 4.68. The van der Waals surface area contributed by atoms with E-state index in [1.807, 2.05) is 37.4 Å². The lowest BCUT2D eigenvalue weighted by atomic mass is 9.75. The number of hydrogen-bond donors (Lipinski definition) is 2. The van der Waals surface area contributed by atoms with Crippen LogP contribution < -0.4 is 5.32 Å². The number of benzene rings is 1. The van der Waals surface area contributed by atoms with Gasteiger partial charge in [-0.2, -0.15) is 5.10 Å². The van der Waals surface area contributed by atoms with E-state index < -0.39 is 0 Å². The summed E-state index contributed by atoms with van der Waals surface area (Å²) < 4.78 is 1.75. The number of ketones is 1. The van der Waals surface area contributed by atoms with E-state index >= 15 is 0 Å². The maximum absolute atomic E-state index is 13.3. The smallest absolute Gasteiger partial charge is 0.229 e. The molecule has 0 saturated heterocycles. The molecule has 2 unspecified atom stereocenters. The molecule has 0 radical (unpaired) electrons. The normalized spacial score (nSPS) is 21.1. The van der Waals surface area contributed by atoms with Crippen molar-refractivity contribution in [2.75, 3.05) is 5.32 Å². The van der Waals surface area contributed by atoms with E-state index in [1.165, 1.54) is 0 Å². The molecule has 5 rings (SSSR count). The maximum Gasteiger partial charge on any atom is 0.229 e. The van der Waals surface area contributed by atoms with Gasteiger partial charge in [-0.3, -0.25) is 14.7 Å². The minimum Gasteiger partial charge on any atom is -0.307 e. The van der Waals surface area contributed by atoms with Crippen LogP contribution in [0.25, 0.3) is 11.3 Å². The fraction of sp³-hybridized carbons (Fsp3) is 0.435. The number of carbonyl (C=O) groups excluding carboxylic acids is 2. The van der Waals surface area contributed by atoms with E-state index in [4.69, 9.17) is 0 Å². The minimum absolute atomic E-state index is 0.0394. The van der Waals surface area contributed by atoms with Gasteiger partial charge in [0.2, 0.25) is 5.91 Å². The number of H-pyrrole nitrogens is 1. The highest BCUT2D eigenvalue weighted by atomic mass is 16.2. The molecule has 31 heavy (non-hydrogen) atoms. The van der Waals surface area contributed by atoms with Gasteiger partial charge >= 0.3 is 0 Å². The SMILES string of the molecule is Cn1nnc(NC(=O)C2CCCCC2C(=O)c2ccc(-c3ccn[nH]3)cc2)c1C1CC1. The van der Waals surface area contributed by atoms with Crippen LogP contribution in [0.5, 0.6) is 0 Å². The van der Waals surface area contributed by atoms with Gasteiger partial charge in [-0.1, -0.05) is 42.3 Å². The quantitative estimate of drug-likeness (QED) is 0.594. The lowest BCUT2D eigenvalue weighted by Crippen LogP contribution is -2.36. The number of aryl methyl sites for hydroxylation is 1. The van der Waals surface area contributed by atoms with Crippen molar-refractivity contribution >= 4 is 17.5 Å². The average Bonchev–Trinajstić information content (AvgIpc) is 3.34. The van der Waals surface area contributed by atoms with Gasteiger partial charge in [-0.15, -0.1) is 5.10 Å². The highest BCUT2D eigenvalue weighted by molar-refractivity contribution is 6.03. The van der Waals surface area contributed by atoms with Crippen molar-refractivity contribution < 1.29 is 9.59 Å². The second kappa shape index (κ2) is 8.09. The number of hydrogen-bond acceptors (Lipinski definition) is 5. The molecule has 2 atom stereocenters. The Bertz CT molecular complexity index is 1080. The number of amides is 1. The Kier molecular flexibility index (Phi) is 5.13. The first-order chi connectivity index (χ1) is 15.1. The van der Waals surface area contributed by atoms with E-state index in [-0.39, 0.29) is 23.5 Å². The standard InChI is InChI=1S/C23H26N6O2/c1-29-20(15-8-9-15)22(27-28-29)25-23(31)18-5-3-2-4-17(18)21(30)16-10-6-14(7-11-16)19-12-13-24-26-19/h6-7,10-13,15,17-18H,2-5,8-9H2,1H3,(H,24,26)(H,25,31). The van der Waals surface area contributed by atoms with Crippen LogP contribution in [0, 0.1) is 11.8 Å². The summed E-state index contributed by atoms with van der Waals surface area (Å²) in [5.41, 5.74) is 3.51.